The van der Waals surface area contributed by atoms with Gasteiger partial charge in [0, 0.05) is 24.4 Å². The lowest BCUT2D eigenvalue weighted by atomic mass is 10.0. The van der Waals surface area contributed by atoms with Gasteiger partial charge in [0.15, 0.2) is 5.78 Å². The summed E-state index contributed by atoms with van der Waals surface area (Å²) in [5, 5.41) is 14.2. The van der Waals surface area contributed by atoms with Gasteiger partial charge < -0.3 is 4.57 Å². The van der Waals surface area contributed by atoms with Crippen LogP contribution in [-0.2, 0) is 16.4 Å². The highest BCUT2D eigenvalue weighted by atomic mass is 32.2. The van der Waals surface area contributed by atoms with Crippen LogP contribution in [0, 0.1) is 17.1 Å². The van der Waals surface area contributed by atoms with E-state index in [-0.39, 0.29) is 28.4 Å². The summed E-state index contributed by atoms with van der Waals surface area (Å²) in [6, 6.07) is 12.6. The first-order valence-electron chi connectivity index (χ1n) is 8.22. The Hall–Kier alpha value is -3.28. The van der Waals surface area contributed by atoms with Crippen molar-refractivity contribution in [3.63, 3.8) is 0 Å². The van der Waals surface area contributed by atoms with Crippen LogP contribution < -0.4 is 5.14 Å². The number of nitriles is 1. The molecule has 142 valence electrons. The normalized spacial score (nSPS) is 11.2. The Bertz CT molecular complexity index is 1220. The highest BCUT2D eigenvalue weighted by Crippen LogP contribution is 2.24. The van der Waals surface area contributed by atoms with Gasteiger partial charge in [0.05, 0.1) is 17.3 Å². The number of carbonyl (C=O) groups is 1. The largest absolute Gasteiger partial charge is 0.320 e. The number of hydrogen-bond acceptors (Lipinski definition) is 4. The van der Waals surface area contributed by atoms with Crippen LogP contribution in [0.25, 0.3) is 5.69 Å². The van der Waals surface area contributed by atoms with E-state index in [0.717, 1.165) is 11.6 Å². The van der Waals surface area contributed by atoms with Gasteiger partial charge in [-0.2, -0.15) is 5.26 Å². The van der Waals surface area contributed by atoms with Crippen LogP contribution >= 0.6 is 0 Å². The molecule has 0 bridgehead atoms. The number of primary sulfonamides is 1. The van der Waals surface area contributed by atoms with E-state index in [0.29, 0.717) is 11.1 Å². The lowest BCUT2D eigenvalue weighted by Gasteiger charge is -2.05. The van der Waals surface area contributed by atoms with Gasteiger partial charge in [-0.25, -0.2) is 17.9 Å². The molecule has 3 rings (SSSR count). The molecular formula is C20H16FN3O3S. The Morgan fingerprint density at radius 1 is 1.21 bits per heavy atom. The molecule has 0 aliphatic carbocycles. The first kappa shape index (κ1) is 19.5. The number of sulfonamides is 1. The molecule has 6 nitrogen and oxygen atoms in total. The fraction of sp³-hybridized carbons (Fsp3) is 0.100. The third-order valence-corrected chi connectivity index (χ3v) is 5.24. The number of benzene rings is 2. The first-order valence-corrected chi connectivity index (χ1v) is 9.77. The summed E-state index contributed by atoms with van der Waals surface area (Å²) in [6.07, 6.45) is 2.91. The lowest BCUT2D eigenvalue weighted by Crippen LogP contribution is -2.13. The van der Waals surface area contributed by atoms with Crippen molar-refractivity contribution in [2.24, 2.45) is 5.14 Å². The third-order valence-electron chi connectivity index (χ3n) is 4.26. The molecule has 0 fully saturated rings. The van der Waals surface area contributed by atoms with Gasteiger partial charge in [-0.1, -0.05) is 18.2 Å². The van der Waals surface area contributed by atoms with E-state index < -0.39 is 15.8 Å². The zero-order chi connectivity index (χ0) is 20.5. The summed E-state index contributed by atoms with van der Waals surface area (Å²) >= 11 is 0. The van der Waals surface area contributed by atoms with Crippen molar-refractivity contribution in [3.8, 4) is 11.8 Å². The highest BCUT2D eigenvalue weighted by Gasteiger charge is 2.19. The summed E-state index contributed by atoms with van der Waals surface area (Å²) in [7, 11) is -4.06. The minimum absolute atomic E-state index is 0.0904. The van der Waals surface area contributed by atoms with E-state index >= 15 is 0 Å². The number of halogens is 1. The predicted octanol–water partition coefficient (Wildman–Crippen LogP) is 2.93. The molecule has 3 aromatic rings. The second-order valence-electron chi connectivity index (χ2n) is 6.31. The van der Waals surface area contributed by atoms with Gasteiger partial charge >= 0.3 is 0 Å². The summed E-state index contributed by atoms with van der Waals surface area (Å²) in [5.74, 6) is -0.772. The van der Waals surface area contributed by atoms with E-state index in [2.05, 4.69) is 0 Å². The second kappa shape index (κ2) is 7.38. The Balaban J connectivity index is 2.08. The summed E-state index contributed by atoms with van der Waals surface area (Å²) in [4.78, 5) is 11.4. The molecule has 0 radical (unpaired) electrons. The monoisotopic (exact) mass is 397 g/mol. The van der Waals surface area contributed by atoms with Crippen LogP contribution in [0.2, 0.25) is 0 Å². The van der Waals surface area contributed by atoms with E-state index in [1.807, 2.05) is 6.07 Å². The first-order chi connectivity index (χ1) is 13.2. The average molecular weight is 397 g/mol. The van der Waals surface area contributed by atoms with Crippen LogP contribution in [0.1, 0.15) is 34.0 Å². The van der Waals surface area contributed by atoms with Crippen LogP contribution in [0.4, 0.5) is 4.39 Å². The summed E-state index contributed by atoms with van der Waals surface area (Å²) in [5.41, 5.74) is 1.84. The van der Waals surface area contributed by atoms with Gasteiger partial charge in [0.25, 0.3) is 0 Å². The number of hydrogen-bond donors (Lipinski definition) is 1. The predicted molar refractivity (Wildman–Crippen MR) is 101 cm³/mol. The van der Waals surface area contributed by atoms with Crippen molar-refractivity contribution >= 4 is 15.8 Å². The van der Waals surface area contributed by atoms with Crippen molar-refractivity contribution < 1.29 is 17.6 Å². The van der Waals surface area contributed by atoms with Crippen molar-refractivity contribution in [2.75, 3.05) is 0 Å². The topological polar surface area (TPSA) is 106 Å². The number of rotatable bonds is 5. The Morgan fingerprint density at radius 2 is 1.96 bits per heavy atom. The maximum Gasteiger partial charge on any atom is 0.239 e. The van der Waals surface area contributed by atoms with Crippen molar-refractivity contribution in [3.05, 3.63) is 82.9 Å². The maximum absolute atomic E-state index is 14.3. The van der Waals surface area contributed by atoms with Crippen LogP contribution in [0.15, 0.2) is 59.8 Å². The zero-order valence-corrected chi connectivity index (χ0v) is 15.7. The molecule has 28 heavy (non-hydrogen) atoms. The fourth-order valence-electron chi connectivity index (χ4n) is 2.91. The number of Topliss-reactive ketones (excluding diaryl/α,β-unsaturated/α-hetero) is 1. The van der Waals surface area contributed by atoms with Crippen LogP contribution in [0.5, 0.6) is 0 Å². The number of aromatic nitrogens is 1. The molecule has 1 heterocycles. The Kier molecular flexibility index (Phi) is 5.14. The molecule has 0 unspecified atom stereocenters. The number of nitrogens with two attached hydrogens (primary N) is 1. The fourth-order valence-corrected chi connectivity index (χ4v) is 3.66. The molecule has 8 heteroatoms. The quantitative estimate of drug-likeness (QED) is 0.668. The number of carbonyl (C=O) groups excluding carboxylic acids is 1. The second-order valence-corrected chi connectivity index (χ2v) is 7.84. The maximum atomic E-state index is 14.3. The smallest absolute Gasteiger partial charge is 0.239 e. The molecule has 0 saturated carbocycles. The van der Waals surface area contributed by atoms with E-state index in [1.165, 1.54) is 36.0 Å². The molecule has 2 N–H and O–H groups in total. The van der Waals surface area contributed by atoms with E-state index in [1.54, 1.807) is 24.3 Å². The van der Waals surface area contributed by atoms with Crippen molar-refractivity contribution in [1.29, 1.82) is 5.26 Å². The standard InChI is InChI=1S/C20H16FN3O3S/c1-13(25)16-4-2-3-14(7-16)8-17-11-24(12-20(17)28(23,26)27)19-6-5-15(10-22)9-18(19)21/h2-7,9,11-12H,8H2,1H3,(H2,23,26,27). The molecular weight excluding hydrogens is 381 g/mol. The SMILES string of the molecule is CC(=O)c1cccc(Cc2cn(-c3ccc(C#N)cc3F)cc2S(N)(=O)=O)c1. The third kappa shape index (κ3) is 4.01. The van der Waals surface area contributed by atoms with Crippen molar-refractivity contribution in [1.82, 2.24) is 4.57 Å². The Morgan fingerprint density at radius 3 is 2.57 bits per heavy atom. The molecule has 0 aliphatic rings. The highest BCUT2D eigenvalue weighted by molar-refractivity contribution is 7.89. The molecule has 2 aromatic carbocycles. The van der Waals surface area contributed by atoms with E-state index in [9.17, 15) is 17.6 Å². The van der Waals surface area contributed by atoms with Gasteiger partial charge in [-0.05, 0) is 42.3 Å². The lowest BCUT2D eigenvalue weighted by molar-refractivity contribution is 0.101. The summed E-state index contributed by atoms with van der Waals surface area (Å²) < 4.78 is 39.7. The molecule has 0 amide bonds. The average Bonchev–Trinajstić information content (AvgIpc) is 3.05. The van der Waals surface area contributed by atoms with Gasteiger partial charge in [0.2, 0.25) is 10.0 Å². The van der Waals surface area contributed by atoms with Gasteiger partial charge in [-0.3, -0.25) is 4.79 Å². The molecule has 1 aromatic heterocycles. The van der Waals surface area contributed by atoms with Crippen molar-refractivity contribution in [2.45, 2.75) is 18.2 Å². The number of ketones is 1. The summed E-state index contributed by atoms with van der Waals surface area (Å²) in [6.45, 7) is 1.44. The van der Waals surface area contributed by atoms with Gasteiger partial charge in [0.1, 0.15) is 10.7 Å². The molecule has 0 atom stereocenters. The number of nitrogens with zero attached hydrogens (tertiary/aromatic N) is 2. The van der Waals surface area contributed by atoms with Gasteiger partial charge in [-0.15, -0.1) is 0 Å². The zero-order valence-electron chi connectivity index (χ0n) is 14.9. The minimum Gasteiger partial charge on any atom is -0.320 e. The minimum atomic E-state index is -4.06. The molecule has 0 saturated heterocycles. The van der Waals surface area contributed by atoms with Crippen LogP contribution in [0.3, 0.4) is 0 Å². The van der Waals surface area contributed by atoms with Crippen LogP contribution in [-0.4, -0.2) is 18.8 Å². The molecule has 0 spiro atoms. The Labute approximate surface area is 161 Å². The molecule has 0 aliphatic heterocycles. The van der Waals surface area contributed by atoms with E-state index in [4.69, 9.17) is 10.4 Å².